The lowest BCUT2D eigenvalue weighted by atomic mass is 10.1. The van der Waals surface area contributed by atoms with Crippen LogP contribution < -0.4 is 0 Å². The SMILES string of the molecule is CC1CN(C(=O)c2ccc([N+](=O)[O-])cc2)CC(C)N1C(=O)OC(C)(C)C. The van der Waals surface area contributed by atoms with E-state index in [-0.39, 0.29) is 29.8 Å². The molecule has 0 spiro atoms. The van der Waals surface area contributed by atoms with Gasteiger partial charge in [-0.05, 0) is 46.8 Å². The van der Waals surface area contributed by atoms with Crippen molar-refractivity contribution in [2.24, 2.45) is 0 Å². The van der Waals surface area contributed by atoms with Crippen LogP contribution in [0.15, 0.2) is 24.3 Å². The fourth-order valence-corrected chi connectivity index (χ4v) is 3.07. The van der Waals surface area contributed by atoms with Crippen molar-refractivity contribution in [3.8, 4) is 0 Å². The number of piperazine rings is 1. The molecule has 2 amide bonds. The van der Waals surface area contributed by atoms with Gasteiger partial charge in [-0.15, -0.1) is 0 Å². The van der Waals surface area contributed by atoms with Crippen molar-refractivity contribution >= 4 is 17.7 Å². The molecule has 1 aromatic rings. The lowest BCUT2D eigenvalue weighted by Crippen LogP contribution is -2.60. The number of amides is 2. The minimum Gasteiger partial charge on any atom is -0.444 e. The minimum absolute atomic E-state index is 0.0574. The van der Waals surface area contributed by atoms with Gasteiger partial charge in [0.2, 0.25) is 0 Å². The molecule has 0 aliphatic carbocycles. The van der Waals surface area contributed by atoms with E-state index in [9.17, 15) is 19.7 Å². The monoisotopic (exact) mass is 363 g/mol. The summed E-state index contributed by atoms with van der Waals surface area (Å²) in [5, 5.41) is 10.7. The Morgan fingerprint density at radius 2 is 1.62 bits per heavy atom. The zero-order valence-corrected chi connectivity index (χ0v) is 15.8. The molecule has 2 rings (SSSR count). The number of nitrogens with zero attached hydrogens (tertiary/aromatic N) is 3. The molecular formula is C18H25N3O5. The smallest absolute Gasteiger partial charge is 0.410 e. The zero-order chi connectivity index (χ0) is 19.6. The van der Waals surface area contributed by atoms with Crippen LogP contribution in [0.25, 0.3) is 0 Å². The van der Waals surface area contributed by atoms with Gasteiger partial charge in [-0.1, -0.05) is 0 Å². The quantitative estimate of drug-likeness (QED) is 0.595. The largest absolute Gasteiger partial charge is 0.444 e. The van der Waals surface area contributed by atoms with Crippen molar-refractivity contribution in [2.45, 2.75) is 52.3 Å². The van der Waals surface area contributed by atoms with E-state index in [1.165, 1.54) is 24.3 Å². The van der Waals surface area contributed by atoms with E-state index in [0.717, 1.165) is 0 Å². The fourth-order valence-electron chi connectivity index (χ4n) is 3.07. The molecule has 1 aliphatic heterocycles. The molecule has 1 aromatic carbocycles. The first-order chi connectivity index (χ1) is 12.0. The maximum atomic E-state index is 12.7. The van der Waals surface area contributed by atoms with E-state index in [1.807, 2.05) is 34.6 Å². The molecule has 1 fully saturated rings. The van der Waals surface area contributed by atoms with Gasteiger partial charge in [0.15, 0.2) is 0 Å². The molecule has 2 unspecified atom stereocenters. The summed E-state index contributed by atoms with van der Waals surface area (Å²) in [6.45, 7) is 9.93. The molecule has 1 aliphatic rings. The molecule has 0 N–H and O–H groups in total. The van der Waals surface area contributed by atoms with Crippen LogP contribution >= 0.6 is 0 Å². The van der Waals surface area contributed by atoms with Gasteiger partial charge in [0, 0.05) is 30.8 Å². The second kappa shape index (κ2) is 7.31. The number of carbonyl (C=O) groups is 2. The van der Waals surface area contributed by atoms with Crippen LogP contribution in [0.1, 0.15) is 45.0 Å². The van der Waals surface area contributed by atoms with Gasteiger partial charge < -0.3 is 9.64 Å². The first-order valence-electron chi connectivity index (χ1n) is 8.54. The highest BCUT2D eigenvalue weighted by molar-refractivity contribution is 5.94. The Kier molecular flexibility index (Phi) is 5.53. The van der Waals surface area contributed by atoms with Crippen molar-refractivity contribution in [1.82, 2.24) is 9.80 Å². The lowest BCUT2D eigenvalue weighted by Gasteiger charge is -2.44. The number of carbonyl (C=O) groups excluding carboxylic acids is 2. The van der Waals surface area contributed by atoms with Crippen LogP contribution in [0.2, 0.25) is 0 Å². The molecule has 2 atom stereocenters. The Balaban J connectivity index is 2.09. The summed E-state index contributed by atoms with van der Waals surface area (Å²) in [5.74, 6) is -0.206. The van der Waals surface area contributed by atoms with E-state index in [1.54, 1.807) is 9.80 Å². The Labute approximate surface area is 152 Å². The van der Waals surface area contributed by atoms with Crippen LogP contribution in [0.5, 0.6) is 0 Å². The average molecular weight is 363 g/mol. The number of nitro benzene ring substituents is 1. The third kappa shape index (κ3) is 4.50. The maximum Gasteiger partial charge on any atom is 0.410 e. The topological polar surface area (TPSA) is 93.0 Å². The normalized spacial score (nSPS) is 20.7. The summed E-state index contributed by atoms with van der Waals surface area (Å²) < 4.78 is 5.45. The summed E-state index contributed by atoms with van der Waals surface area (Å²) in [5.41, 5.74) is -0.249. The third-order valence-corrected chi connectivity index (χ3v) is 4.14. The number of hydrogen-bond donors (Lipinski definition) is 0. The first-order valence-corrected chi connectivity index (χ1v) is 8.54. The molecular weight excluding hydrogens is 338 g/mol. The van der Waals surface area contributed by atoms with Crippen LogP contribution in [-0.2, 0) is 4.74 Å². The van der Waals surface area contributed by atoms with Crippen molar-refractivity contribution in [3.63, 3.8) is 0 Å². The molecule has 142 valence electrons. The number of non-ortho nitro benzene ring substituents is 1. The molecule has 26 heavy (non-hydrogen) atoms. The summed E-state index contributed by atoms with van der Waals surface area (Å²) in [7, 11) is 0. The molecule has 1 heterocycles. The molecule has 0 saturated carbocycles. The molecule has 8 nitrogen and oxygen atoms in total. The number of benzene rings is 1. The molecule has 0 radical (unpaired) electrons. The second-order valence-electron chi connectivity index (χ2n) is 7.60. The maximum absolute atomic E-state index is 12.7. The molecule has 8 heteroatoms. The minimum atomic E-state index is -0.581. The fraction of sp³-hybridized carbons (Fsp3) is 0.556. The van der Waals surface area contributed by atoms with Gasteiger partial charge in [0.1, 0.15) is 5.60 Å². The number of rotatable bonds is 2. The van der Waals surface area contributed by atoms with Crippen LogP contribution in [0.3, 0.4) is 0 Å². The highest BCUT2D eigenvalue weighted by Gasteiger charge is 2.37. The van der Waals surface area contributed by atoms with E-state index >= 15 is 0 Å². The Bertz CT molecular complexity index is 684. The van der Waals surface area contributed by atoms with Gasteiger partial charge >= 0.3 is 6.09 Å². The Morgan fingerprint density at radius 3 is 2.04 bits per heavy atom. The third-order valence-electron chi connectivity index (χ3n) is 4.14. The van der Waals surface area contributed by atoms with Crippen LogP contribution in [-0.4, -0.2) is 57.5 Å². The van der Waals surface area contributed by atoms with Gasteiger partial charge in [0.05, 0.1) is 17.0 Å². The summed E-state index contributed by atoms with van der Waals surface area (Å²) in [6, 6.07) is 5.14. The Morgan fingerprint density at radius 1 is 1.12 bits per heavy atom. The molecule has 0 aromatic heterocycles. The second-order valence-corrected chi connectivity index (χ2v) is 7.60. The van der Waals surface area contributed by atoms with Gasteiger partial charge in [0.25, 0.3) is 11.6 Å². The van der Waals surface area contributed by atoms with Crippen molar-refractivity contribution in [2.75, 3.05) is 13.1 Å². The Hall–Kier alpha value is -2.64. The standard InChI is InChI=1S/C18H25N3O5/c1-12-10-19(11-13(2)20(12)17(23)26-18(3,4)5)16(22)14-6-8-15(9-7-14)21(24)25/h6-9,12-13H,10-11H2,1-5H3. The van der Waals surface area contributed by atoms with E-state index in [2.05, 4.69) is 0 Å². The highest BCUT2D eigenvalue weighted by atomic mass is 16.6. The van der Waals surface area contributed by atoms with E-state index in [0.29, 0.717) is 18.7 Å². The number of ether oxygens (including phenoxy) is 1. The number of nitro groups is 1. The highest BCUT2D eigenvalue weighted by Crippen LogP contribution is 2.22. The molecule has 1 saturated heterocycles. The predicted molar refractivity (Wildman–Crippen MR) is 96.0 cm³/mol. The van der Waals surface area contributed by atoms with Gasteiger partial charge in [-0.25, -0.2) is 4.79 Å². The number of hydrogen-bond acceptors (Lipinski definition) is 5. The lowest BCUT2D eigenvalue weighted by molar-refractivity contribution is -0.384. The predicted octanol–water partition coefficient (Wildman–Crippen LogP) is 3.06. The average Bonchev–Trinajstić information content (AvgIpc) is 2.51. The van der Waals surface area contributed by atoms with Crippen molar-refractivity contribution in [3.05, 3.63) is 39.9 Å². The molecule has 0 bridgehead atoms. The van der Waals surface area contributed by atoms with Crippen LogP contribution in [0.4, 0.5) is 10.5 Å². The summed E-state index contributed by atoms with van der Waals surface area (Å²) in [4.78, 5) is 38.7. The van der Waals surface area contributed by atoms with E-state index in [4.69, 9.17) is 4.74 Å². The van der Waals surface area contributed by atoms with Crippen molar-refractivity contribution < 1.29 is 19.2 Å². The van der Waals surface area contributed by atoms with Crippen molar-refractivity contribution in [1.29, 1.82) is 0 Å². The zero-order valence-electron chi connectivity index (χ0n) is 15.8. The van der Waals surface area contributed by atoms with Gasteiger partial charge in [-0.3, -0.25) is 19.8 Å². The summed E-state index contributed by atoms with van der Waals surface area (Å²) >= 11 is 0. The first kappa shape index (κ1) is 19.7. The van der Waals surface area contributed by atoms with Gasteiger partial charge in [-0.2, -0.15) is 0 Å². The van der Waals surface area contributed by atoms with Crippen LogP contribution in [0, 0.1) is 10.1 Å². The van der Waals surface area contributed by atoms with E-state index < -0.39 is 10.5 Å². The summed E-state index contributed by atoms with van der Waals surface area (Å²) in [6.07, 6.45) is -0.389.